The number of ether oxygens (including phenoxy) is 1. The molecule has 1 aromatic heterocycles. The third-order valence-electron chi connectivity index (χ3n) is 2.90. The molecule has 0 aliphatic rings. The molecule has 4 heteroatoms. The molecule has 2 rings (SSSR count). The predicted molar refractivity (Wildman–Crippen MR) is 72.7 cm³/mol. The molecule has 2 aromatic rings. The van der Waals surface area contributed by atoms with E-state index in [0.717, 1.165) is 12.0 Å². The van der Waals surface area contributed by atoms with Crippen molar-refractivity contribution in [2.45, 2.75) is 25.8 Å². The van der Waals surface area contributed by atoms with Gasteiger partial charge in [-0.05, 0) is 31.0 Å². The van der Waals surface area contributed by atoms with Crippen molar-refractivity contribution in [1.29, 1.82) is 0 Å². The monoisotopic (exact) mass is 260 g/mol. The van der Waals surface area contributed by atoms with E-state index in [1.54, 1.807) is 24.4 Å². The van der Waals surface area contributed by atoms with Crippen LogP contribution in [0.3, 0.4) is 0 Å². The molecular weight excluding hydrogens is 243 g/mol. The third-order valence-corrected chi connectivity index (χ3v) is 2.90. The highest BCUT2D eigenvalue weighted by molar-refractivity contribution is 5.33. The van der Waals surface area contributed by atoms with Crippen molar-refractivity contribution in [3.8, 4) is 11.6 Å². The summed E-state index contributed by atoms with van der Waals surface area (Å²) in [5, 5.41) is 0. The molecule has 0 fully saturated rings. The van der Waals surface area contributed by atoms with Gasteiger partial charge in [0.15, 0.2) is 11.6 Å². The molecule has 19 heavy (non-hydrogen) atoms. The summed E-state index contributed by atoms with van der Waals surface area (Å²) in [7, 11) is 0. The van der Waals surface area contributed by atoms with Gasteiger partial charge in [0, 0.05) is 17.8 Å². The normalized spacial score (nSPS) is 12.2. The Morgan fingerprint density at radius 2 is 2.05 bits per heavy atom. The van der Waals surface area contributed by atoms with Crippen molar-refractivity contribution >= 4 is 0 Å². The minimum atomic E-state index is -0.404. The zero-order valence-electron chi connectivity index (χ0n) is 10.8. The zero-order valence-corrected chi connectivity index (χ0v) is 10.8. The fourth-order valence-electron chi connectivity index (χ4n) is 1.73. The predicted octanol–water partition coefficient (Wildman–Crippen LogP) is 3.29. The molecule has 1 atom stereocenters. The van der Waals surface area contributed by atoms with Crippen molar-refractivity contribution in [2.75, 3.05) is 0 Å². The minimum absolute atomic E-state index is 0.0483. The number of rotatable bonds is 5. The molecule has 0 saturated heterocycles. The number of benzene rings is 1. The summed E-state index contributed by atoms with van der Waals surface area (Å²) in [6, 6.07) is 10.0. The Hall–Kier alpha value is -1.94. The number of para-hydroxylation sites is 1. The van der Waals surface area contributed by atoms with Gasteiger partial charge in [-0.25, -0.2) is 9.37 Å². The van der Waals surface area contributed by atoms with Crippen molar-refractivity contribution in [3.63, 3.8) is 0 Å². The summed E-state index contributed by atoms with van der Waals surface area (Å²) in [6.07, 6.45) is 3.15. The van der Waals surface area contributed by atoms with Gasteiger partial charge in [0.1, 0.15) is 0 Å². The third kappa shape index (κ3) is 3.51. The molecule has 1 unspecified atom stereocenters. The number of hydrogen-bond acceptors (Lipinski definition) is 3. The Balaban J connectivity index is 2.23. The highest BCUT2D eigenvalue weighted by Gasteiger charge is 2.11. The van der Waals surface area contributed by atoms with Gasteiger partial charge in [-0.1, -0.05) is 25.1 Å². The summed E-state index contributed by atoms with van der Waals surface area (Å²) in [5.41, 5.74) is 6.83. The molecule has 0 saturated carbocycles. The Labute approximate surface area is 112 Å². The van der Waals surface area contributed by atoms with Crippen LogP contribution in [0.15, 0.2) is 42.6 Å². The van der Waals surface area contributed by atoms with Crippen LogP contribution in [0.2, 0.25) is 0 Å². The van der Waals surface area contributed by atoms with Crippen LogP contribution in [-0.2, 0) is 6.42 Å². The van der Waals surface area contributed by atoms with Crippen LogP contribution in [0.1, 0.15) is 18.9 Å². The summed E-state index contributed by atoms with van der Waals surface area (Å²) in [5.74, 6) is 0.183. The number of pyridine rings is 1. The van der Waals surface area contributed by atoms with Gasteiger partial charge in [-0.3, -0.25) is 0 Å². The maximum absolute atomic E-state index is 13.6. The number of nitrogens with two attached hydrogens (primary N) is 1. The molecule has 2 N–H and O–H groups in total. The van der Waals surface area contributed by atoms with E-state index in [-0.39, 0.29) is 11.8 Å². The second-order valence-electron chi connectivity index (χ2n) is 4.37. The van der Waals surface area contributed by atoms with E-state index in [1.807, 2.05) is 19.1 Å². The van der Waals surface area contributed by atoms with Crippen molar-refractivity contribution in [1.82, 2.24) is 4.98 Å². The van der Waals surface area contributed by atoms with Crippen LogP contribution in [0.5, 0.6) is 11.6 Å². The standard InChI is InChI=1S/C15H17FN2O/c1-2-12(17)10-11-6-5-9-18-15(11)19-14-8-4-3-7-13(14)16/h3-9,12H,2,10,17H2,1H3. The number of hydrogen-bond donors (Lipinski definition) is 1. The number of nitrogens with zero attached hydrogens (tertiary/aromatic N) is 1. The van der Waals surface area contributed by atoms with Gasteiger partial charge in [-0.2, -0.15) is 0 Å². The Bertz CT molecular complexity index is 545. The SMILES string of the molecule is CCC(N)Cc1cccnc1Oc1ccccc1F. The molecule has 0 amide bonds. The van der Waals surface area contributed by atoms with Gasteiger partial charge in [0.05, 0.1) is 0 Å². The smallest absolute Gasteiger partial charge is 0.222 e. The van der Waals surface area contributed by atoms with Gasteiger partial charge in [0.2, 0.25) is 5.88 Å². The lowest BCUT2D eigenvalue weighted by Crippen LogP contribution is -2.21. The van der Waals surface area contributed by atoms with Crippen LogP contribution in [0.4, 0.5) is 4.39 Å². The summed E-state index contributed by atoms with van der Waals surface area (Å²) in [4.78, 5) is 4.16. The highest BCUT2D eigenvalue weighted by atomic mass is 19.1. The molecular formula is C15H17FN2O. The van der Waals surface area contributed by atoms with E-state index in [0.29, 0.717) is 12.3 Å². The van der Waals surface area contributed by atoms with Crippen LogP contribution in [0, 0.1) is 5.82 Å². The number of aromatic nitrogens is 1. The second kappa shape index (κ2) is 6.29. The first-order valence-electron chi connectivity index (χ1n) is 6.32. The summed E-state index contributed by atoms with van der Waals surface area (Å²) < 4.78 is 19.1. The van der Waals surface area contributed by atoms with Gasteiger partial charge >= 0.3 is 0 Å². The van der Waals surface area contributed by atoms with Gasteiger partial charge < -0.3 is 10.5 Å². The average Bonchev–Trinajstić information content (AvgIpc) is 2.43. The van der Waals surface area contributed by atoms with E-state index in [4.69, 9.17) is 10.5 Å². The molecule has 0 radical (unpaired) electrons. The molecule has 1 heterocycles. The second-order valence-corrected chi connectivity index (χ2v) is 4.37. The lowest BCUT2D eigenvalue weighted by atomic mass is 10.1. The van der Waals surface area contributed by atoms with Crippen LogP contribution in [-0.4, -0.2) is 11.0 Å². The van der Waals surface area contributed by atoms with Gasteiger partial charge in [-0.15, -0.1) is 0 Å². The largest absolute Gasteiger partial charge is 0.436 e. The summed E-state index contributed by atoms with van der Waals surface area (Å²) in [6.45, 7) is 2.03. The van der Waals surface area contributed by atoms with Crippen molar-refractivity contribution < 1.29 is 9.13 Å². The van der Waals surface area contributed by atoms with Crippen LogP contribution < -0.4 is 10.5 Å². The summed E-state index contributed by atoms with van der Waals surface area (Å²) >= 11 is 0. The van der Waals surface area contributed by atoms with Crippen molar-refractivity contribution in [3.05, 3.63) is 54.0 Å². The lowest BCUT2D eigenvalue weighted by Gasteiger charge is -2.13. The Morgan fingerprint density at radius 3 is 2.79 bits per heavy atom. The first-order valence-corrected chi connectivity index (χ1v) is 6.32. The molecule has 0 aliphatic heterocycles. The average molecular weight is 260 g/mol. The van der Waals surface area contributed by atoms with Crippen molar-refractivity contribution in [2.24, 2.45) is 5.73 Å². The molecule has 100 valence electrons. The molecule has 0 aliphatic carbocycles. The fourth-order valence-corrected chi connectivity index (χ4v) is 1.73. The maximum atomic E-state index is 13.6. The van der Waals surface area contributed by atoms with Crippen LogP contribution >= 0.6 is 0 Å². The number of halogens is 1. The van der Waals surface area contributed by atoms with E-state index < -0.39 is 5.82 Å². The molecule has 0 spiro atoms. The molecule has 3 nitrogen and oxygen atoms in total. The quantitative estimate of drug-likeness (QED) is 0.897. The van der Waals surface area contributed by atoms with Gasteiger partial charge in [0.25, 0.3) is 0 Å². The lowest BCUT2D eigenvalue weighted by molar-refractivity contribution is 0.420. The molecule has 0 bridgehead atoms. The first-order chi connectivity index (χ1) is 9.20. The van der Waals surface area contributed by atoms with E-state index >= 15 is 0 Å². The van der Waals surface area contributed by atoms with E-state index in [2.05, 4.69) is 4.98 Å². The Kier molecular flexibility index (Phi) is 4.47. The molecule has 1 aromatic carbocycles. The minimum Gasteiger partial charge on any atom is -0.436 e. The van der Waals surface area contributed by atoms with E-state index in [9.17, 15) is 4.39 Å². The van der Waals surface area contributed by atoms with Crippen LogP contribution in [0.25, 0.3) is 0 Å². The first kappa shape index (κ1) is 13.5. The fraction of sp³-hybridized carbons (Fsp3) is 0.267. The highest BCUT2D eigenvalue weighted by Crippen LogP contribution is 2.25. The zero-order chi connectivity index (χ0) is 13.7. The maximum Gasteiger partial charge on any atom is 0.222 e. The Morgan fingerprint density at radius 1 is 1.26 bits per heavy atom. The van der Waals surface area contributed by atoms with E-state index in [1.165, 1.54) is 6.07 Å². The topological polar surface area (TPSA) is 48.1 Å².